The fourth-order valence-corrected chi connectivity index (χ4v) is 1.03. The Hall–Kier alpha value is -0.940. The Kier molecular flexibility index (Phi) is 3.23. The molecule has 2 nitrogen and oxygen atoms in total. The van der Waals surface area contributed by atoms with Crippen molar-refractivity contribution in [1.29, 1.82) is 0 Å². The maximum absolute atomic E-state index is 11.8. The van der Waals surface area contributed by atoms with E-state index in [-0.39, 0.29) is 5.02 Å². The van der Waals surface area contributed by atoms with Gasteiger partial charge < -0.3 is 9.84 Å². The van der Waals surface area contributed by atoms with Crippen LogP contribution in [-0.2, 0) is 0 Å². The molecule has 1 rings (SSSR count). The van der Waals surface area contributed by atoms with Gasteiger partial charge in [0.2, 0.25) is 0 Å². The summed E-state index contributed by atoms with van der Waals surface area (Å²) in [6, 6.07) is 3.42. The minimum atomic E-state index is -4.77. The summed E-state index contributed by atoms with van der Waals surface area (Å²) in [6.45, 7) is 0.725. The molecule has 0 saturated heterocycles. The summed E-state index contributed by atoms with van der Waals surface area (Å²) >= 11 is 5.46. The van der Waals surface area contributed by atoms with Crippen LogP contribution < -0.4 is 4.74 Å². The van der Waals surface area contributed by atoms with Gasteiger partial charge in [0.15, 0.2) is 0 Å². The Morgan fingerprint density at radius 2 is 2.00 bits per heavy atom. The van der Waals surface area contributed by atoms with Crippen LogP contribution in [0.2, 0.25) is 5.02 Å². The molecule has 1 aromatic rings. The average Bonchev–Trinajstić information content (AvgIpc) is 2.06. The van der Waals surface area contributed by atoms with Gasteiger partial charge in [0.1, 0.15) is 12.4 Å². The van der Waals surface area contributed by atoms with Crippen LogP contribution in [0.15, 0.2) is 18.2 Å². The van der Waals surface area contributed by atoms with E-state index < -0.39 is 12.1 Å². The summed E-state index contributed by atoms with van der Waals surface area (Å²) in [6.07, 6.45) is -4.77. The summed E-state index contributed by atoms with van der Waals surface area (Å²) in [5, 5.41) is 8.32. The first kappa shape index (κ1) is 11.1. The number of ether oxygens (including phenoxy) is 1. The Labute approximate surface area is 82.9 Å². The van der Waals surface area contributed by atoms with Crippen molar-refractivity contribution in [2.24, 2.45) is 0 Å². The molecule has 1 N–H and O–H groups in total. The van der Waals surface area contributed by atoms with Crippen LogP contribution >= 0.6 is 11.6 Å². The molecule has 0 aliphatic heterocycles. The number of hydrogen-bond donors (Lipinski definition) is 1. The molecule has 0 atom stereocenters. The highest BCUT2D eigenvalue weighted by Crippen LogP contribution is 2.30. The molecule has 0 aliphatic carbocycles. The van der Waals surface area contributed by atoms with E-state index in [1.54, 1.807) is 0 Å². The molecule has 0 fully saturated rings. The van der Waals surface area contributed by atoms with Crippen molar-refractivity contribution in [2.75, 3.05) is 0 Å². The molecule has 0 amide bonds. The van der Waals surface area contributed by atoms with Crippen LogP contribution in [0.1, 0.15) is 5.56 Å². The van der Waals surface area contributed by atoms with Crippen LogP contribution in [0.4, 0.5) is 13.2 Å². The van der Waals surface area contributed by atoms with E-state index in [4.69, 9.17) is 16.7 Å². The quantitative estimate of drug-likeness (QED) is 0.838. The SMILES string of the molecule is O[CH]c1ccc(OC(F)(F)F)c(Cl)c1. The fraction of sp³-hybridized carbons (Fsp3) is 0.125. The molecule has 77 valence electrons. The lowest BCUT2D eigenvalue weighted by atomic mass is 10.2. The lowest BCUT2D eigenvalue weighted by Crippen LogP contribution is -2.17. The highest BCUT2D eigenvalue weighted by molar-refractivity contribution is 6.32. The van der Waals surface area contributed by atoms with Crippen LogP contribution in [0.5, 0.6) is 5.75 Å². The lowest BCUT2D eigenvalue weighted by Gasteiger charge is -2.10. The molecular weight excluding hydrogens is 221 g/mol. The Balaban J connectivity index is 2.89. The normalized spacial score (nSPS) is 11.5. The van der Waals surface area contributed by atoms with Crippen molar-refractivity contribution in [3.05, 3.63) is 35.4 Å². The number of aliphatic hydroxyl groups is 1. The maximum Gasteiger partial charge on any atom is 0.573 e. The van der Waals surface area contributed by atoms with Gasteiger partial charge in [-0.1, -0.05) is 17.7 Å². The first-order chi connectivity index (χ1) is 6.42. The third-order valence-electron chi connectivity index (χ3n) is 1.33. The Morgan fingerprint density at radius 1 is 1.36 bits per heavy atom. The topological polar surface area (TPSA) is 29.5 Å². The second kappa shape index (κ2) is 4.06. The summed E-state index contributed by atoms with van der Waals surface area (Å²) in [4.78, 5) is 0. The van der Waals surface area contributed by atoms with Crippen molar-refractivity contribution in [3.63, 3.8) is 0 Å². The highest BCUT2D eigenvalue weighted by Gasteiger charge is 2.31. The van der Waals surface area contributed by atoms with Crippen molar-refractivity contribution in [2.45, 2.75) is 6.36 Å². The average molecular weight is 226 g/mol. The van der Waals surface area contributed by atoms with Gasteiger partial charge in [-0.15, -0.1) is 13.2 Å². The van der Waals surface area contributed by atoms with E-state index in [0.717, 1.165) is 18.7 Å². The van der Waals surface area contributed by atoms with E-state index in [2.05, 4.69) is 4.74 Å². The van der Waals surface area contributed by atoms with Crippen molar-refractivity contribution >= 4 is 11.6 Å². The van der Waals surface area contributed by atoms with E-state index in [9.17, 15) is 13.2 Å². The number of halogens is 4. The first-order valence-electron chi connectivity index (χ1n) is 3.45. The third kappa shape index (κ3) is 3.08. The van der Waals surface area contributed by atoms with Gasteiger partial charge in [-0.3, -0.25) is 0 Å². The Bertz CT molecular complexity index is 325. The molecule has 1 aromatic carbocycles. The predicted octanol–water partition coefficient (Wildman–Crippen LogP) is 3.12. The minimum Gasteiger partial charge on any atom is -0.404 e. The van der Waals surface area contributed by atoms with Gasteiger partial charge >= 0.3 is 6.36 Å². The van der Waals surface area contributed by atoms with E-state index in [0.29, 0.717) is 5.56 Å². The van der Waals surface area contributed by atoms with Gasteiger partial charge in [0.25, 0.3) is 0 Å². The molecule has 0 bridgehead atoms. The monoisotopic (exact) mass is 225 g/mol. The number of hydrogen-bond acceptors (Lipinski definition) is 2. The molecule has 0 heterocycles. The van der Waals surface area contributed by atoms with Crippen molar-refractivity contribution < 1.29 is 23.0 Å². The van der Waals surface area contributed by atoms with Crippen LogP contribution in [-0.4, -0.2) is 11.5 Å². The molecule has 0 unspecified atom stereocenters. The van der Waals surface area contributed by atoms with E-state index in [1.165, 1.54) is 6.07 Å². The molecule has 0 aromatic heterocycles. The van der Waals surface area contributed by atoms with Crippen molar-refractivity contribution in [3.8, 4) is 5.75 Å². The molecule has 0 saturated carbocycles. The van der Waals surface area contributed by atoms with Gasteiger partial charge in [-0.2, -0.15) is 0 Å². The lowest BCUT2D eigenvalue weighted by molar-refractivity contribution is -0.274. The Morgan fingerprint density at radius 3 is 2.43 bits per heavy atom. The third-order valence-corrected chi connectivity index (χ3v) is 1.63. The summed E-state index contributed by atoms with van der Waals surface area (Å²) < 4.78 is 38.9. The van der Waals surface area contributed by atoms with Gasteiger partial charge in [0.05, 0.1) is 5.02 Å². The maximum atomic E-state index is 11.8. The minimum absolute atomic E-state index is 0.217. The highest BCUT2D eigenvalue weighted by atomic mass is 35.5. The molecular formula is C8H5ClF3O2. The zero-order chi connectivity index (χ0) is 10.8. The van der Waals surface area contributed by atoms with Crippen LogP contribution in [0, 0.1) is 6.61 Å². The standard InChI is InChI=1S/C8H5ClF3O2/c9-6-3-5(4-13)1-2-7(6)14-8(10,11)12/h1-4,13H. The number of alkyl halides is 3. The molecule has 0 spiro atoms. The summed E-state index contributed by atoms with van der Waals surface area (Å²) in [5.41, 5.74) is 0.296. The zero-order valence-corrected chi connectivity index (χ0v) is 7.43. The van der Waals surface area contributed by atoms with Gasteiger partial charge in [0, 0.05) is 0 Å². The molecule has 1 radical (unpaired) electrons. The number of aliphatic hydroxyl groups excluding tert-OH is 1. The molecule has 14 heavy (non-hydrogen) atoms. The second-order valence-corrected chi connectivity index (χ2v) is 2.77. The smallest absolute Gasteiger partial charge is 0.404 e. The number of rotatable bonds is 2. The van der Waals surface area contributed by atoms with Crippen LogP contribution in [0.3, 0.4) is 0 Å². The van der Waals surface area contributed by atoms with Gasteiger partial charge in [-0.05, 0) is 17.7 Å². The zero-order valence-electron chi connectivity index (χ0n) is 6.68. The van der Waals surface area contributed by atoms with E-state index >= 15 is 0 Å². The van der Waals surface area contributed by atoms with Crippen molar-refractivity contribution in [1.82, 2.24) is 0 Å². The fourth-order valence-electron chi connectivity index (χ4n) is 0.805. The predicted molar refractivity (Wildman–Crippen MR) is 43.5 cm³/mol. The van der Waals surface area contributed by atoms with E-state index in [1.807, 2.05) is 0 Å². The second-order valence-electron chi connectivity index (χ2n) is 2.37. The van der Waals surface area contributed by atoms with Gasteiger partial charge in [-0.25, -0.2) is 0 Å². The number of benzene rings is 1. The first-order valence-corrected chi connectivity index (χ1v) is 3.83. The molecule has 6 heteroatoms. The van der Waals surface area contributed by atoms with Crippen LogP contribution in [0.25, 0.3) is 0 Å². The summed E-state index contributed by atoms with van der Waals surface area (Å²) in [5.74, 6) is -0.496. The molecule has 0 aliphatic rings. The largest absolute Gasteiger partial charge is 0.573 e. The summed E-state index contributed by atoms with van der Waals surface area (Å²) in [7, 11) is 0.